The van der Waals surface area contributed by atoms with Gasteiger partial charge in [0.1, 0.15) is 10.6 Å². The summed E-state index contributed by atoms with van der Waals surface area (Å²) in [6.45, 7) is 7.77. The van der Waals surface area contributed by atoms with Gasteiger partial charge >= 0.3 is 6.09 Å². The van der Waals surface area contributed by atoms with E-state index in [1.165, 1.54) is 6.42 Å². The highest BCUT2D eigenvalue weighted by Gasteiger charge is 2.29. The van der Waals surface area contributed by atoms with E-state index < -0.39 is 5.60 Å². The molecular weight excluding hydrogens is 298 g/mol. The lowest BCUT2D eigenvalue weighted by atomic mass is 9.90. The molecule has 0 unspecified atom stereocenters. The maximum Gasteiger partial charge on any atom is 0.407 e. The Morgan fingerprint density at radius 2 is 2.05 bits per heavy atom. The molecule has 1 aliphatic carbocycles. The van der Waals surface area contributed by atoms with Gasteiger partial charge in [-0.25, -0.2) is 9.78 Å². The highest BCUT2D eigenvalue weighted by molar-refractivity contribution is 7.09. The number of rotatable bonds is 4. The summed E-state index contributed by atoms with van der Waals surface area (Å²) < 4.78 is 5.38. The van der Waals surface area contributed by atoms with Crippen LogP contribution in [0.5, 0.6) is 0 Å². The Bertz CT molecular complexity index is 470. The van der Waals surface area contributed by atoms with Crippen molar-refractivity contribution in [2.75, 3.05) is 0 Å². The number of alkyl carbamates (subject to hydrolysis) is 1. The summed E-state index contributed by atoms with van der Waals surface area (Å²) in [5.41, 5.74) is -0.462. The third kappa shape index (κ3) is 5.25. The van der Waals surface area contributed by atoms with Gasteiger partial charge in [-0.1, -0.05) is 12.8 Å². The average Bonchev–Trinajstić information content (AvgIpc) is 2.92. The monoisotopic (exact) mass is 325 g/mol. The van der Waals surface area contributed by atoms with Crippen molar-refractivity contribution in [1.29, 1.82) is 0 Å². The minimum atomic E-state index is -0.462. The molecule has 1 amide bonds. The van der Waals surface area contributed by atoms with Gasteiger partial charge in [0, 0.05) is 23.7 Å². The molecule has 0 aromatic carbocycles. The van der Waals surface area contributed by atoms with Crippen LogP contribution < -0.4 is 10.6 Å². The Hall–Kier alpha value is -1.14. The molecule has 1 fully saturated rings. The number of hydrogen-bond donors (Lipinski definition) is 2. The Morgan fingerprint density at radius 1 is 1.36 bits per heavy atom. The molecule has 0 spiro atoms. The number of thiazole rings is 1. The van der Waals surface area contributed by atoms with Gasteiger partial charge in [-0.3, -0.25) is 0 Å². The van der Waals surface area contributed by atoms with E-state index in [1.807, 2.05) is 32.3 Å². The predicted octanol–water partition coefficient (Wildman–Crippen LogP) is 3.63. The lowest BCUT2D eigenvalue weighted by Crippen LogP contribution is -2.53. The second-order valence-corrected chi connectivity index (χ2v) is 7.83. The first kappa shape index (κ1) is 17.2. The van der Waals surface area contributed by atoms with Gasteiger partial charge in [-0.05, 0) is 40.5 Å². The predicted molar refractivity (Wildman–Crippen MR) is 89.1 cm³/mol. The van der Waals surface area contributed by atoms with Gasteiger partial charge in [-0.15, -0.1) is 11.3 Å². The molecule has 1 heterocycles. The zero-order chi connectivity index (χ0) is 16.2. The summed E-state index contributed by atoms with van der Waals surface area (Å²) in [6, 6.07) is 0.581. The number of carbonyl (C=O) groups is 1. The van der Waals surface area contributed by atoms with Gasteiger partial charge in [0.05, 0.1) is 6.04 Å². The fourth-order valence-corrected chi connectivity index (χ4v) is 3.46. The summed E-state index contributed by atoms with van der Waals surface area (Å²) in [6.07, 6.45) is 5.89. The van der Waals surface area contributed by atoms with Gasteiger partial charge in [0.15, 0.2) is 0 Å². The highest BCUT2D eigenvalue weighted by Crippen LogP contribution is 2.23. The molecule has 3 atom stereocenters. The van der Waals surface area contributed by atoms with Crippen LogP contribution in [-0.4, -0.2) is 28.8 Å². The SMILES string of the molecule is C[C@H](N[C@@H]1CCCC[C@H]1NC(=O)OC(C)(C)C)c1nccs1. The van der Waals surface area contributed by atoms with E-state index >= 15 is 0 Å². The molecule has 0 saturated heterocycles. The van der Waals surface area contributed by atoms with Crippen molar-refractivity contribution >= 4 is 17.4 Å². The Kier molecular flexibility index (Phi) is 5.81. The van der Waals surface area contributed by atoms with Crippen LogP contribution in [0.2, 0.25) is 0 Å². The van der Waals surface area contributed by atoms with E-state index in [9.17, 15) is 4.79 Å². The normalized spacial score (nSPS) is 23.8. The van der Waals surface area contributed by atoms with Crippen molar-refractivity contribution in [3.8, 4) is 0 Å². The summed E-state index contributed by atoms with van der Waals surface area (Å²) in [5, 5.41) is 9.73. The number of ether oxygens (including phenoxy) is 1. The average molecular weight is 325 g/mol. The number of amides is 1. The van der Waals surface area contributed by atoms with Crippen LogP contribution in [0.3, 0.4) is 0 Å². The van der Waals surface area contributed by atoms with E-state index in [0.717, 1.165) is 24.3 Å². The summed E-state index contributed by atoms with van der Waals surface area (Å²) in [5.74, 6) is 0. The molecule has 1 aromatic heterocycles. The van der Waals surface area contributed by atoms with Crippen molar-refractivity contribution in [2.45, 2.75) is 77.1 Å². The van der Waals surface area contributed by atoms with Crippen molar-refractivity contribution in [1.82, 2.24) is 15.6 Å². The van der Waals surface area contributed by atoms with Crippen LogP contribution in [0.25, 0.3) is 0 Å². The molecule has 1 aliphatic rings. The Morgan fingerprint density at radius 3 is 2.64 bits per heavy atom. The van der Waals surface area contributed by atoms with Gasteiger partial charge in [-0.2, -0.15) is 0 Å². The van der Waals surface area contributed by atoms with Crippen molar-refractivity contribution in [3.05, 3.63) is 16.6 Å². The molecule has 0 bridgehead atoms. The first-order chi connectivity index (χ1) is 10.3. The third-order valence-corrected chi connectivity index (χ3v) is 4.71. The minimum Gasteiger partial charge on any atom is -0.444 e. The number of hydrogen-bond acceptors (Lipinski definition) is 5. The maximum absolute atomic E-state index is 12.0. The lowest BCUT2D eigenvalue weighted by Gasteiger charge is -2.35. The zero-order valence-electron chi connectivity index (χ0n) is 13.9. The van der Waals surface area contributed by atoms with Crippen molar-refractivity contribution in [2.24, 2.45) is 0 Å². The summed E-state index contributed by atoms with van der Waals surface area (Å²) in [4.78, 5) is 16.4. The summed E-state index contributed by atoms with van der Waals surface area (Å²) in [7, 11) is 0. The quantitative estimate of drug-likeness (QED) is 0.887. The topological polar surface area (TPSA) is 63.2 Å². The Balaban J connectivity index is 1.92. The van der Waals surface area contributed by atoms with Crippen LogP contribution in [0, 0.1) is 0 Å². The molecule has 1 aromatic rings. The maximum atomic E-state index is 12.0. The van der Waals surface area contributed by atoms with Crippen LogP contribution in [0.1, 0.15) is 64.4 Å². The molecule has 5 nitrogen and oxygen atoms in total. The fourth-order valence-electron chi connectivity index (χ4n) is 2.80. The number of nitrogens with zero attached hydrogens (tertiary/aromatic N) is 1. The molecule has 2 rings (SSSR count). The first-order valence-electron chi connectivity index (χ1n) is 8.00. The third-order valence-electron chi connectivity index (χ3n) is 3.75. The minimum absolute atomic E-state index is 0.117. The number of nitrogens with one attached hydrogen (secondary N) is 2. The molecule has 0 aliphatic heterocycles. The number of aromatic nitrogens is 1. The first-order valence-corrected chi connectivity index (χ1v) is 8.88. The van der Waals surface area contributed by atoms with Crippen LogP contribution in [0.15, 0.2) is 11.6 Å². The molecule has 0 radical (unpaired) electrons. The number of carbonyl (C=O) groups excluding carboxylic acids is 1. The van der Waals surface area contributed by atoms with E-state index in [4.69, 9.17) is 4.74 Å². The molecule has 22 heavy (non-hydrogen) atoms. The standard InChI is InChI=1S/C16H27N3O2S/c1-11(14-17-9-10-22-14)18-12-7-5-6-8-13(12)19-15(20)21-16(2,3)4/h9-13,18H,5-8H2,1-4H3,(H,19,20)/t11-,12+,13+/m0/s1. The van der Waals surface area contributed by atoms with Crippen LogP contribution in [0.4, 0.5) is 4.79 Å². The molecule has 124 valence electrons. The zero-order valence-corrected chi connectivity index (χ0v) is 14.7. The van der Waals surface area contributed by atoms with Crippen LogP contribution >= 0.6 is 11.3 Å². The second kappa shape index (κ2) is 7.42. The second-order valence-electron chi connectivity index (χ2n) is 6.90. The lowest BCUT2D eigenvalue weighted by molar-refractivity contribution is 0.0477. The van der Waals surface area contributed by atoms with E-state index in [-0.39, 0.29) is 24.2 Å². The molecule has 1 saturated carbocycles. The molecule has 6 heteroatoms. The summed E-state index contributed by atoms with van der Waals surface area (Å²) >= 11 is 1.66. The van der Waals surface area contributed by atoms with Crippen molar-refractivity contribution in [3.63, 3.8) is 0 Å². The van der Waals surface area contributed by atoms with E-state index in [0.29, 0.717) is 0 Å². The molecular formula is C16H27N3O2S. The highest BCUT2D eigenvalue weighted by atomic mass is 32.1. The van der Waals surface area contributed by atoms with Gasteiger partial charge in [0.25, 0.3) is 0 Å². The van der Waals surface area contributed by atoms with Crippen LogP contribution in [-0.2, 0) is 4.74 Å². The van der Waals surface area contributed by atoms with Gasteiger partial charge in [0.2, 0.25) is 0 Å². The van der Waals surface area contributed by atoms with Crippen molar-refractivity contribution < 1.29 is 9.53 Å². The fraction of sp³-hybridized carbons (Fsp3) is 0.750. The van der Waals surface area contributed by atoms with E-state index in [1.54, 1.807) is 11.3 Å². The largest absolute Gasteiger partial charge is 0.444 e. The Labute approximate surface area is 136 Å². The van der Waals surface area contributed by atoms with E-state index in [2.05, 4.69) is 22.5 Å². The smallest absolute Gasteiger partial charge is 0.407 e. The molecule has 2 N–H and O–H groups in total. The van der Waals surface area contributed by atoms with Gasteiger partial charge < -0.3 is 15.4 Å².